The van der Waals surface area contributed by atoms with E-state index < -0.39 is 5.97 Å². The van der Waals surface area contributed by atoms with Crippen molar-refractivity contribution >= 4 is 39.9 Å². The molecule has 2 aromatic carbocycles. The number of pyridine rings is 1. The normalized spacial score (nSPS) is 10.6. The summed E-state index contributed by atoms with van der Waals surface area (Å²) in [5, 5.41) is 4.48. The third-order valence-corrected chi connectivity index (χ3v) is 4.98. The van der Waals surface area contributed by atoms with E-state index in [1.165, 1.54) is 7.11 Å². The number of carbonyl (C=O) groups excluding carboxylic acids is 1. The fourth-order valence-electron chi connectivity index (χ4n) is 3.14. The van der Waals surface area contributed by atoms with Gasteiger partial charge in [0, 0.05) is 37.2 Å². The molecule has 0 atom stereocenters. The van der Waals surface area contributed by atoms with Crippen LogP contribution in [0.25, 0.3) is 10.9 Å². The van der Waals surface area contributed by atoms with Crippen LogP contribution in [0.1, 0.15) is 15.9 Å². The zero-order chi connectivity index (χ0) is 21.5. The van der Waals surface area contributed by atoms with Crippen LogP contribution in [-0.2, 0) is 16.0 Å². The number of hydrogen-bond donors (Lipinski definition) is 2. The topological polar surface area (TPSA) is 83.7 Å². The molecule has 0 unspecified atom stereocenters. The van der Waals surface area contributed by atoms with E-state index in [-0.39, 0.29) is 5.56 Å². The van der Waals surface area contributed by atoms with Crippen LogP contribution in [0.5, 0.6) is 0 Å². The second-order valence-electron chi connectivity index (χ2n) is 6.59. The van der Waals surface area contributed by atoms with Gasteiger partial charge in [-0.25, -0.2) is 4.79 Å². The Morgan fingerprint density at radius 2 is 1.87 bits per heavy atom. The lowest BCUT2D eigenvalue weighted by Crippen LogP contribution is -2.37. The second kappa shape index (κ2) is 10.00. The number of thiocarbonyl (C=S) groups is 1. The lowest BCUT2D eigenvalue weighted by Gasteiger charge is -2.26. The van der Waals surface area contributed by atoms with Gasteiger partial charge >= 0.3 is 5.97 Å². The van der Waals surface area contributed by atoms with Crippen LogP contribution in [0, 0.1) is 0 Å². The van der Waals surface area contributed by atoms with Gasteiger partial charge in [-0.1, -0.05) is 30.3 Å². The van der Waals surface area contributed by atoms with Crippen LogP contribution in [0.3, 0.4) is 0 Å². The third-order valence-electron chi connectivity index (χ3n) is 4.62. The zero-order valence-corrected chi connectivity index (χ0v) is 17.6. The van der Waals surface area contributed by atoms with Crippen LogP contribution >= 0.6 is 12.2 Å². The lowest BCUT2D eigenvalue weighted by atomic mass is 10.1. The van der Waals surface area contributed by atoms with E-state index in [1.54, 1.807) is 37.4 Å². The molecule has 1 heterocycles. The first kappa shape index (κ1) is 21.5. The van der Waals surface area contributed by atoms with E-state index in [0.29, 0.717) is 36.1 Å². The summed E-state index contributed by atoms with van der Waals surface area (Å²) in [6, 6.07) is 16.2. The Balaban J connectivity index is 1.90. The second-order valence-corrected chi connectivity index (χ2v) is 6.97. The molecule has 0 saturated carbocycles. The number of carbonyl (C=O) groups is 1. The molecule has 30 heavy (non-hydrogen) atoms. The van der Waals surface area contributed by atoms with Crippen LogP contribution in [0.15, 0.2) is 59.4 Å². The summed E-state index contributed by atoms with van der Waals surface area (Å²) in [5.74, 6) is -0.454. The number of hydrogen-bond acceptors (Lipinski definition) is 5. The first-order chi connectivity index (χ1) is 14.5. The fourth-order valence-corrected chi connectivity index (χ4v) is 3.41. The van der Waals surface area contributed by atoms with E-state index in [1.807, 2.05) is 29.2 Å². The van der Waals surface area contributed by atoms with Crippen molar-refractivity contribution in [2.45, 2.75) is 6.54 Å². The molecule has 0 amide bonds. The Kier molecular flexibility index (Phi) is 7.16. The minimum Gasteiger partial charge on any atom is -0.465 e. The molecule has 0 radical (unpaired) electrons. The van der Waals surface area contributed by atoms with Gasteiger partial charge in [0.25, 0.3) is 0 Å². The first-order valence-corrected chi connectivity index (χ1v) is 9.77. The Labute approximate surface area is 179 Å². The molecule has 0 bridgehead atoms. The number of methoxy groups -OCH3 is 2. The molecule has 156 valence electrons. The van der Waals surface area contributed by atoms with Gasteiger partial charge in [0.15, 0.2) is 5.11 Å². The number of nitrogens with one attached hydrogen (secondary N) is 2. The maximum absolute atomic E-state index is 12.1. The fraction of sp³-hybridized carbons (Fsp3) is 0.227. The molecule has 0 aliphatic rings. The Morgan fingerprint density at radius 3 is 2.63 bits per heavy atom. The highest BCUT2D eigenvalue weighted by atomic mass is 32.1. The molecule has 1 aromatic heterocycles. The molecule has 3 rings (SSSR count). The first-order valence-electron chi connectivity index (χ1n) is 9.36. The summed E-state index contributed by atoms with van der Waals surface area (Å²) in [7, 11) is 2.95. The average molecular weight is 426 g/mol. The van der Waals surface area contributed by atoms with E-state index >= 15 is 0 Å². The maximum atomic E-state index is 12.1. The number of H-pyrrole nitrogens is 1. The van der Waals surface area contributed by atoms with Gasteiger partial charge in [-0.2, -0.15) is 0 Å². The summed E-state index contributed by atoms with van der Waals surface area (Å²) < 4.78 is 10.1. The van der Waals surface area contributed by atoms with Gasteiger partial charge in [0.1, 0.15) is 0 Å². The van der Waals surface area contributed by atoms with Crippen LogP contribution < -0.4 is 10.9 Å². The monoisotopic (exact) mass is 425 g/mol. The number of aromatic amines is 1. The van der Waals surface area contributed by atoms with Crippen LogP contribution in [-0.4, -0.2) is 48.3 Å². The molecular formula is C22H23N3O4S. The number of nitrogens with zero attached hydrogens (tertiary/aromatic N) is 1. The Morgan fingerprint density at radius 1 is 1.13 bits per heavy atom. The molecule has 0 fully saturated rings. The average Bonchev–Trinajstić information content (AvgIpc) is 2.76. The zero-order valence-electron chi connectivity index (χ0n) is 16.8. The predicted molar refractivity (Wildman–Crippen MR) is 121 cm³/mol. The van der Waals surface area contributed by atoms with Crippen molar-refractivity contribution in [1.82, 2.24) is 9.88 Å². The summed E-state index contributed by atoms with van der Waals surface area (Å²) in [4.78, 5) is 28.9. The number of esters is 1. The quantitative estimate of drug-likeness (QED) is 0.444. The van der Waals surface area contributed by atoms with Crippen LogP contribution in [0.4, 0.5) is 5.69 Å². The number of benzene rings is 2. The molecular weight excluding hydrogens is 402 g/mol. The molecule has 0 saturated heterocycles. The molecule has 2 N–H and O–H groups in total. The Bertz CT molecular complexity index is 1110. The van der Waals surface area contributed by atoms with Gasteiger partial charge in [0.05, 0.1) is 25.0 Å². The molecule has 8 heteroatoms. The number of rotatable bonds is 7. The number of fused-ring (bicyclic) bond motifs is 1. The minimum absolute atomic E-state index is 0.176. The Hall–Kier alpha value is -3.23. The lowest BCUT2D eigenvalue weighted by molar-refractivity contribution is 0.0602. The summed E-state index contributed by atoms with van der Waals surface area (Å²) in [5.41, 5.74) is 2.37. The van der Waals surface area contributed by atoms with Crippen molar-refractivity contribution in [3.05, 3.63) is 76.1 Å². The minimum atomic E-state index is -0.454. The number of anilines is 1. The van der Waals surface area contributed by atoms with Crippen molar-refractivity contribution in [2.24, 2.45) is 0 Å². The van der Waals surface area contributed by atoms with E-state index in [9.17, 15) is 9.59 Å². The summed E-state index contributed by atoms with van der Waals surface area (Å²) in [6.07, 6.45) is 0. The number of para-hydroxylation sites is 2. The molecule has 7 nitrogen and oxygen atoms in total. The SMILES string of the molecule is COCCN(Cc1cc(=O)[nH]c2ccccc12)C(=S)Nc1ccccc1C(=O)OC. The van der Waals surface area contributed by atoms with Crippen LogP contribution in [0.2, 0.25) is 0 Å². The highest BCUT2D eigenvalue weighted by Crippen LogP contribution is 2.19. The highest BCUT2D eigenvalue weighted by Gasteiger charge is 2.17. The summed E-state index contributed by atoms with van der Waals surface area (Å²) >= 11 is 5.63. The standard InChI is InChI=1S/C22H23N3O4S/c1-28-12-11-25(14-15-13-20(26)23-18-9-5-3-7-16(15)18)22(30)24-19-10-6-4-8-17(19)21(27)29-2/h3-10,13H,11-12,14H2,1-2H3,(H,23,26)(H,24,30). The third kappa shape index (κ3) is 5.03. The van der Waals surface area contributed by atoms with Gasteiger partial charge < -0.3 is 24.7 Å². The van der Waals surface area contributed by atoms with Gasteiger partial charge in [-0.15, -0.1) is 0 Å². The van der Waals surface area contributed by atoms with Gasteiger partial charge in [0.2, 0.25) is 5.56 Å². The molecule has 0 aliphatic heterocycles. The van der Waals surface area contributed by atoms with Crippen molar-refractivity contribution in [2.75, 3.05) is 32.7 Å². The smallest absolute Gasteiger partial charge is 0.339 e. The van der Waals surface area contributed by atoms with Crippen molar-refractivity contribution < 1.29 is 14.3 Å². The van der Waals surface area contributed by atoms with Crippen molar-refractivity contribution in [3.8, 4) is 0 Å². The van der Waals surface area contributed by atoms with Gasteiger partial charge in [-0.05, 0) is 36.0 Å². The maximum Gasteiger partial charge on any atom is 0.339 e. The molecule has 0 spiro atoms. The van der Waals surface area contributed by atoms with E-state index in [0.717, 1.165) is 16.5 Å². The van der Waals surface area contributed by atoms with E-state index in [2.05, 4.69) is 10.3 Å². The molecule has 3 aromatic rings. The number of ether oxygens (including phenoxy) is 2. The van der Waals surface area contributed by atoms with Crippen molar-refractivity contribution in [3.63, 3.8) is 0 Å². The molecule has 0 aliphatic carbocycles. The largest absolute Gasteiger partial charge is 0.465 e. The van der Waals surface area contributed by atoms with Crippen molar-refractivity contribution in [1.29, 1.82) is 0 Å². The van der Waals surface area contributed by atoms with Gasteiger partial charge in [-0.3, -0.25) is 4.79 Å². The highest BCUT2D eigenvalue weighted by molar-refractivity contribution is 7.80. The number of aromatic nitrogens is 1. The summed E-state index contributed by atoms with van der Waals surface area (Å²) in [6.45, 7) is 1.35. The van der Waals surface area contributed by atoms with E-state index in [4.69, 9.17) is 21.7 Å². The predicted octanol–water partition coefficient (Wildman–Crippen LogP) is 3.16.